The lowest BCUT2D eigenvalue weighted by molar-refractivity contribution is 0.156. The second-order valence-corrected chi connectivity index (χ2v) is 4.98. The van der Waals surface area contributed by atoms with Crippen LogP contribution in [0.1, 0.15) is 18.9 Å². The predicted octanol–water partition coefficient (Wildman–Crippen LogP) is 1.86. The zero-order valence-electron chi connectivity index (χ0n) is 10.7. The standard InChI is InChI=1S/C14H22N2O/c1-11-9-16(8-7-13(11)15)10-12-5-3-4-6-14(12)17-2/h3-6,11,13H,7-10,15H2,1-2H3. The van der Waals surface area contributed by atoms with E-state index >= 15 is 0 Å². The smallest absolute Gasteiger partial charge is 0.123 e. The third-order valence-corrected chi connectivity index (χ3v) is 3.64. The van der Waals surface area contributed by atoms with Crippen molar-refractivity contribution in [2.45, 2.75) is 25.9 Å². The summed E-state index contributed by atoms with van der Waals surface area (Å²) in [6.07, 6.45) is 1.09. The molecule has 0 saturated carbocycles. The Bertz CT molecular complexity index is 367. The van der Waals surface area contributed by atoms with E-state index in [4.69, 9.17) is 10.5 Å². The molecule has 1 saturated heterocycles. The van der Waals surface area contributed by atoms with Gasteiger partial charge in [-0.25, -0.2) is 0 Å². The van der Waals surface area contributed by atoms with Crippen LogP contribution in [0, 0.1) is 5.92 Å². The van der Waals surface area contributed by atoms with Crippen LogP contribution in [0.25, 0.3) is 0 Å². The van der Waals surface area contributed by atoms with Gasteiger partial charge in [-0.05, 0) is 24.9 Å². The highest BCUT2D eigenvalue weighted by Gasteiger charge is 2.23. The molecular formula is C14H22N2O. The Kier molecular flexibility index (Phi) is 4.02. The SMILES string of the molecule is COc1ccccc1CN1CCC(N)C(C)C1. The number of nitrogens with two attached hydrogens (primary N) is 1. The summed E-state index contributed by atoms with van der Waals surface area (Å²) in [5, 5.41) is 0. The normalized spacial score (nSPS) is 25.8. The van der Waals surface area contributed by atoms with Crippen LogP contribution < -0.4 is 10.5 Å². The fourth-order valence-electron chi connectivity index (χ4n) is 2.47. The molecule has 0 amide bonds. The van der Waals surface area contributed by atoms with Crippen LogP contribution in [0.15, 0.2) is 24.3 Å². The number of hydrogen-bond acceptors (Lipinski definition) is 3. The topological polar surface area (TPSA) is 38.5 Å². The molecule has 3 heteroatoms. The second-order valence-electron chi connectivity index (χ2n) is 4.98. The van der Waals surface area contributed by atoms with Crippen molar-refractivity contribution in [1.82, 2.24) is 4.90 Å². The van der Waals surface area contributed by atoms with Crippen molar-refractivity contribution in [2.24, 2.45) is 11.7 Å². The Balaban J connectivity index is 2.01. The highest BCUT2D eigenvalue weighted by Crippen LogP contribution is 2.22. The van der Waals surface area contributed by atoms with Crippen molar-refractivity contribution in [3.63, 3.8) is 0 Å². The van der Waals surface area contributed by atoms with Gasteiger partial charge in [0.1, 0.15) is 5.75 Å². The van der Waals surface area contributed by atoms with Gasteiger partial charge in [-0.1, -0.05) is 25.1 Å². The number of nitrogens with zero attached hydrogens (tertiary/aromatic N) is 1. The maximum Gasteiger partial charge on any atom is 0.123 e. The van der Waals surface area contributed by atoms with E-state index in [1.54, 1.807) is 7.11 Å². The quantitative estimate of drug-likeness (QED) is 0.867. The maximum absolute atomic E-state index is 6.04. The van der Waals surface area contributed by atoms with Gasteiger partial charge in [0.2, 0.25) is 0 Å². The number of benzene rings is 1. The van der Waals surface area contributed by atoms with Crippen molar-refractivity contribution in [2.75, 3.05) is 20.2 Å². The molecule has 1 fully saturated rings. The number of likely N-dealkylation sites (tertiary alicyclic amines) is 1. The summed E-state index contributed by atoms with van der Waals surface area (Å²) in [6, 6.07) is 8.60. The van der Waals surface area contributed by atoms with Crippen molar-refractivity contribution in [3.05, 3.63) is 29.8 Å². The zero-order valence-corrected chi connectivity index (χ0v) is 10.7. The minimum Gasteiger partial charge on any atom is -0.496 e. The van der Waals surface area contributed by atoms with Crippen molar-refractivity contribution < 1.29 is 4.74 Å². The lowest BCUT2D eigenvalue weighted by Gasteiger charge is -2.35. The molecule has 1 aromatic carbocycles. The molecule has 3 nitrogen and oxygen atoms in total. The van der Waals surface area contributed by atoms with Crippen LogP contribution in [0.5, 0.6) is 5.75 Å². The summed E-state index contributed by atoms with van der Waals surface area (Å²) in [7, 11) is 1.73. The third-order valence-electron chi connectivity index (χ3n) is 3.64. The Morgan fingerprint density at radius 3 is 2.88 bits per heavy atom. The van der Waals surface area contributed by atoms with Gasteiger partial charge in [-0.2, -0.15) is 0 Å². The number of rotatable bonds is 3. The number of methoxy groups -OCH3 is 1. The van der Waals surface area contributed by atoms with Crippen molar-refractivity contribution in [1.29, 1.82) is 0 Å². The highest BCUT2D eigenvalue weighted by atomic mass is 16.5. The summed E-state index contributed by atoms with van der Waals surface area (Å²) in [5.41, 5.74) is 7.30. The average Bonchev–Trinajstić information content (AvgIpc) is 2.34. The molecule has 1 heterocycles. The molecule has 0 aromatic heterocycles. The molecule has 0 spiro atoms. The lowest BCUT2D eigenvalue weighted by Crippen LogP contribution is -2.45. The van der Waals surface area contributed by atoms with E-state index in [-0.39, 0.29) is 0 Å². The first-order chi connectivity index (χ1) is 8.20. The maximum atomic E-state index is 6.04. The Morgan fingerprint density at radius 1 is 1.41 bits per heavy atom. The molecule has 2 rings (SSSR count). The van der Waals surface area contributed by atoms with Gasteiger partial charge < -0.3 is 10.5 Å². The molecule has 94 valence electrons. The second kappa shape index (κ2) is 5.52. The molecule has 2 unspecified atom stereocenters. The fourth-order valence-corrected chi connectivity index (χ4v) is 2.47. The van der Waals surface area contributed by atoms with Crippen LogP contribution in [0.3, 0.4) is 0 Å². The molecular weight excluding hydrogens is 212 g/mol. The van der Waals surface area contributed by atoms with Crippen LogP contribution >= 0.6 is 0 Å². The molecule has 0 aliphatic carbocycles. The minimum absolute atomic E-state index is 0.365. The minimum atomic E-state index is 0.365. The van der Waals surface area contributed by atoms with Gasteiger partial charge >= 0.3 is 0 Å². The first-order valence-electron chi connectivity index (χ1n) is 6.30. The molecule has 1 aliphatic heterocycles. The fraction of sp³-hybridized carbons (Fsp3) is 0.571. The van der Waals surface area contributed by atoms with E-state index in [1.807, 2.05) is 12.1 Å². The van der Waals surface area contributed by atoms with E-state index in [1.165, 1.54) is 5.56 Å². The van der Waals surface area contributed by atoms with Crippen LogP contribution in [-0.4, -0.2) is 31.1 Å². The summed E-state index contributed by atoms with van der Waals surface area (Å²) in [4.78, 5) is 2.46. The monoisotopic (exact) mass is 234 g/mol. The summed E-state index contributed by atoms with van der Waals surface area (Å²) in [6.45, 7) is 5.36. The molecule has 0 radical (unpaired) electrons. The molecule has 1 aliphatic rings. The van der Waals surface area contributed by atoms with Gasteiger partial charge in [0.05, 0.1) is 7.11 Å². The van der Waals surface area contributed by atoms with Gasteiger partial charge in [0, 0.05) is 24.7 Å². The van der Waals surface area contributed by atoms with Gasteiger partial charge in [-0.3, -0.25) is 4.90 Å². The summed E-state index contributed by atoms with van der Waals surface area (Å²) >= 11 is 0. The first kappa shape index (κ1) is 12.4. The largest absolute Gasteiger partial charge is 0.496 e. The predicted molar refractivity (Wildman–Crippen MR) is 70.0 cm³/mol. The number of piperidine rings is 1. The number of hydrogen-bond donors (Lipinski definition) is 1. The van der Waals surface area contributed by atoms with Gasteiger partial charge in [0.25, 0.3) is 0 Å². The van der Waals surface area contributed by atoms with E-state index in [0.717, 1.165) is 31.8 Å². The van der Waals surface area contributed by atoms with E-state index in [9.17, 15) is 0 Å². The van der Waals surface area contributed by atoms with Gasteiger partial charge in [0.15, 0.2) is 0 Å². The molecule has 17 heavy (non-hydrogen) atoms. The molecule has 2 N–H and O–H groups in total. The average molecular weight is 234 g/mol. The van der Waals surface area contributed by atoms with Crippen LogP contribution in [0.4, 0.5) is 0 Å². The lowest BCUT2D eigenvalue weighted by atomic mass is 9.94. The van der Waals surface area contributed by atoms with Crippen molar-refractivity contribution >= 4 is 0 Å². The molecule has 1 aromatic rings. The Labute approximate surface area is 104 Å². The van der Waals surface area contributed by atoms with E-state index < -0.39 is 0 Å². The first-order valence-corrected chi connectivity index (χ1v) is 6.30. The summed E-state index contributed by atoms with van der Waals surface area (Å²) in [5.74, 6) is 1.56. The van der Waals surface area contributed by atoms with E-state index in [2.05, 4.69) is 24.0 Å². The van der Waals surface area contributed by atoms with Gasteiger partial charge in [-0.15, -0.1) is 0 Å². The Hall–Kier alpha value is -1.06. The third kappa shape index (κ3) is 2.99. The number of ether oxygens (including phenoxy) is 1. The summed E-state index contributed by atoms with van der Waals surface area (Å²) < 4.78 is 5.38. The number of para-hydroxylation sites is 1. The van der Waals surface area contributed by atoms with Crippen LogP contribution in [0.2, 0.25) is 0 Å². The molecule has 0 bridgehead atoms. The van der Waals surface area contributed by atoms with Crippen LogP contribution in [-0.2, 0) is 6.54 Å². The van der Waals surface area contributed by atoms with Crippen molar-refractivity contribution in [3.8, 4) is 5.75 Å². The highest BCUT2D eigenvalue weighted by molar-refractivity contribution is 5.33. The van der Waals surface area contributed by atoms with E-state index in [0.29, 0.717) is 12.0 Å². The molecule has 2 atom stereocenters. The zero-order chi connectivity index (χ0) is 12.3. The Morgan fingerprint density at radius 2 is 2.18 bits per heavy atom.